The number of nitrogens with one attached hydrogen (secondary N) is 1. The maximum Gasteiger partial charge on any atom is 0.333 e. The molecule has 0 aromatic heterocycles. The molecule has 0 aliphatic carbocycles. The number of quaternary nitrogens is 7. The van der Waals surface area contributed by atoms with Gasteiger partial charge in [-0.25, -0.2) is 4.79 Å². The highest BCUT2D eigenvalue weighted by atomic mass is 79.9. The van der Waals surface area contributed by atoms with E-state index in [2.05, 4.69) is 138 Å². The maximum atomic E-state index is 12.1. The molecular weight excluding hydrogens is 1510 g/mol. The molecule has 0 saturated carbocycles. The molecule has 1 N–H and O–H groups in total. The van der Waals surface area contributed by atoms with E-state index >= 15 is 0 Å². The van der Waals surface area contributed by atoms with Crippen molar-refractivity contribution < 1.29 is 155 Å². The van der Waals surface area contributed by atoms with Crippen molar-refractivity contribution in [2.24, 2.45) is 0 Å². The smallest absolute Gasteiger partial charge is 0.333 e. The highest BCUT2D eigenvalue weighted by molar-refractivity contribution is 5.86. The molecule has 0 amide bonds. The fraction of sp³-hybridized carbons (Fsp3) is 0.958. The van der Waals surface area contributed by atoms with Gasteiger partial charge in [0.15, 0.2) is 0 Å². The fourth-order valence-corrected chi connectivity index (χ4v) is 13.4. The molecular formula is C71H153Br6ClN8O2. The predicted octanol–water partition coefficient (Wildman–Crippen LogP) is -6.32. The SMILES string of the molecule is C=C(C)C(=O)OCC[N+](C)(C)CC[N+](C)(CCCCCCCCCCCC)CC[N+](C)(C)CCCCCCCC[N+](C)(C)CC[N+](C)(CCCCCCCCCCCC)CC[N+](C)(C)CCCC[N+](C)(C)C1CC(C)(C)NC(C)(C)C1.[Br-].[Br-].[Br-].[Br-].[Br-].[Br-].[Cl-]. The maximum absolute atomic E-state index is 12.1. The van der Waals surface area contributed by atoms with Crippen LogP contribution in [0.3, 0.4) is 0 Å². The first-order valence-electron chi connectivity index (χ1n) is 35.1. The van der Waals surface area contributed by atoms with Gasteiger partial charge in [-0.3, -0.25) is 0 Å². The zero-order valence-corrected chi connectivity index (χ0v) is 72.2. The number of carbonyl (C=O) groups excluding carboxylic acids is 1. The van der Waals surface area contributed by atoms with Crippen LogP contribution in [0.2, 0.25) is 0 Å². The number of nitrogens with zero attached hydrogens (tertiary/aromatic N) is 7. The van der Waals surface area contributed by atoms with E-state index in [1.165, 1.54) is 282 Å². The van der Waals surface area contributed by atoms with Crippen molar-refractivity contribution >= 4 is 5.97 Å². The van der Waals surface area contributed by atoms with E-state index in [-0.39, 0.29) is 131 Å². The first-order chi connectivity index (χ1) is 37.7. The lowest BCUT2D eigenvalue weighted by Crippen LogP contribution is -3.00. The van der Waals surface area contributed by atoms with Crippen molar-refractivity contribution in [3.05, 3.63) is 12.2 Å². The summed E-state index contributed by atoms with van der Waals surface area (Å²) in [7, 11) is 29.9. The second-order valence-corrected chi connectivity index (χ2v) is 32.7. The van der Waals surface area contributed by atoms with Gasteiger partial charge in [0.2, 0.25) is 0 Å². The monoisotopic (exact) mass is 1660 g/mol. The van der Waals surface area contributed by atoms with E-state index in [1.54, 1.807) is 6.92 Å². The van der Waals surface area contributed by atoms with E-state index in [0.29, 0.717) is 12.2 Å². The van der Waals surface area contributed by atoms with Crippen LogP contribution < -0.4 is 120 Å². The van der Waals surface area contributed by atoms with Gasteiger partial charge < -0.3 is 156 Å². The van der Waals surface area contributed by atoms with Crippen molar-refractivity contribution in [3.63, 3.8) is 0 Å². The highest BCUT2D eigenvalue weighted by Gasteiger charge is 2.44. The highest BCUT2D eigenvalue weighted by Crippen LogP contribution is 2.34. The first-order valence-corrected chi connectivity index (χ1v) is 35.1. The third kappa shape index (κ3) is 54.1. The molecule has 0 aromatic carbocycles. The van der Waals surface area contributed by atoms with Gasteiger partial charge in [-0.05, 0) is 86.0 Å². The molecule has 1 fully saturated rings. The Labute approximate surface area is 620 Å². The standard InChI is InChI=1S/C71H153N8O2.6BrH.ClH/c1-21-23-25-27-29-31-33-35-41-45-53-78(19,61-57-75(13,14)51-47-48-52-77(17,18)68-65-70(5,6)72-71(7,8)66-68)59-55-73(9,10)49-43-39-37-38-40-44-50-74(11,12)56-60-79(20,54-46-42-36-34-32-30-28-26-24-22-2)62-58-76(15,16)63-64-81-69(80)67(3)4;;;;;;;/h68,72H,3,21-66H2,1-2,4-20H3;7*1H/q+7;;;;;;;/p-7. The molecule has 0 radical (unpaired) electrons. The molecule has 1 aliphatic rings. The summed E-state index contributed by atoms with van der Waals surface area (Å²) in [5.74, 6) is -0.269. The summed E-state index contributed by atoms with van der Waals surface area (Å²) in [6.07, 6.45) is 41.4. The molecule has 1 aliphatic heterocycles. The van der Waals surface area contributed by atoms with Gasteiger partial charge >= 0.3 is 5.97 Å². The summed E-state index contributed by atoms with van der Waals surface area (Å²) in [6.45, 7) is 38.7. The van der Waals surface area contributed by atoms with Crippen LogP contribution in [0.15, 0.2) is 12.2 Å². The van der Waals surface area contributed by atoms with Crippen molar-refractivity contribution in [2.45, 2.75) is 258 Å². The van der Waals surface area contributed by atoms with Crippen LogP contribution in [0.25, 0.3) is 0 Å². The Morgan fingerprint density at radius 3 is 0.898 bits per heavy atom. The summed E-state index contributed by atoms with van der Waals surface area (Å²) in [4.78, 5) is 12.1. The number of piperidine rings is 1. The topological polar surface area (TPSA) is 38.3 Å². The summed E-state index contributed by atoms with van der Waals surface area (Å²) >= 11 is 0. The quantitative estimate of drug-likeness (QED) is 0.0286. The minimum absolute atomic E-state index is 0. The molecule has 538 valence electrons. The van der Waals surface area contributed by atoms with Crippen LogP contribution in [0.5, 0.6) is 0 Å². The molecule has 1 rings (SSSR count). The van der Waals surface area contributed by atoms with Gasteiger partial charge in [0.25, 0.3) is 0 Å². The fourth-order valence-electron chi connectivity index (χ4n) is 13.4. The average molecular weight is 1670 g/mol. The lowest BCUT2D eigenvalue weighted by atomic mass is 9.78. The Bertz CT molecular complexity index is 1650. The van der Waals surface area contributed by atoms with Crippen LogP contribution in [0.4, 0.5) is 0 Å². The van der Waals surface area contributed by atoms with E-state index in [0.717, 1.165) is 46.0 Å². The Morgan fingerprint density at radius 2 is 0.614 bits per heavy atom. The third-order valence-electron chi connectivity index (χ3n) is 20.0. The molecule has 2 unspecified atom stereocenters. The number of rotatable bonds is 53. The molecule has 0 bridgehead atoms. The number of carbonyl (C=O) groups is 1. The number of ether oxygens (including phenoxy) is 1. The van der Waals surface area contributed by atoms with Crippen LogP contribution in [0.1, 0.15) is 241 Å². The second kappa shape index (κ2) is 54.0. The summed E-state index contributed by atoms with van der Waals surface area (Å²) in [5, 5.41) is 3.92. The lowest BCUT2D eigenvalue weighted by molar-refractivity contribution is -0.977. The van der Waals surface area contributed by atoms with E-state index in [4.69, 9.17) is 4.74 Å². The number of likely N-dealkylation sites (N-methyl/N-ethyl adjacent to an activating group) is 6. The Balaban J connectivity index is -0.00000187. The molecule has 1 heterocycles. The molecule has 10 nitrogen and oxygen atoms in total. The van der Waals surface area contributed by atoms with Gasteiger partial charge in [-0.1, -0.05) is 136 Å². The predicted molar refractivity (Wildman–Crippen MR) is 357 cm³/mol. The summed E-state index contributed by atoms with van der Waals surface area (Å²) in [5.41, 5.74) is 0.891. The third-order valence-corrected chi connectivity index (χ3v) is 20.0. The normalized spacial score (nSPS) is 15.7. The molecule has 0 spiro atoms. The van der Waals surface area contributed by atoms with E-state index < -0.39 is 0 Å². The Morgan fingerprint density at radius 1 is 0.375 bits per heavy atom. The number of halogens is 7. The van der Waals surface area contributed by atoms with E-state index in [9.17, 15) is 4.79 Å². The molecule has 0 aromatic rings. The average Bonchev–Trinajstić information content (AvgIpc) is 3.36. The van der Waals surface area contributed by atoms with Crippen LogP contribution in [0, 0.1) is 0 Å². The van der Waals surface area contributed by atoms with Gasteiger partial charge in [0.05, 0.1) is 130 Å². The van der Waals surface area contributed by atoms with Crippen molar-refractivity contribution in [1.82, 2.24) is 5.32 Å². The zero-order valence-electron chi connectivity index (χ0n) is 61.9. The van der Waals surface area contributed by atoms with Crippen molar-refractivity contribution in [1.29, 1.82) is 0 Å². The van der Waals surface area contributed by atoms with Crippen LogP contribution in [-0.4, -0.2) is 244 Å². The molecule has 1 saturated heterocycles. The summed E-state index contributed by atoms with van der Waals surface area (Å²) < 4.78 is 13.4. The minimum atomic E-state index is -0.269. The van der Waals surface area contributed by atoms with E-state index in [1.807, 2.05) is 0 Å². The largest absolute Gasteiger partial charge is 1.00 e. The first kappa shape index (κ1) is 104. The van der Waals surface area contributed by atoms with Crippen LogP contribution >= 0.6 is 0 Å². The van der Waals surface area contributed by atoms with Crippen molar-refractivity contribution in [2.75, 3.05) is 189 Å². The van der Waals surface area contributed by atoms with Gasteiger partial charge in [0, 0.05) is 42.3 Å². The molecule has 2 atom stereocenters. The second-order valence-electron chi connectivity index (χ2n) is 32.7. The number of hydrogen-bond acceptors (Lipinski definition) is 3. The molecule has 17 heteroatoms. The number of esters is 1. The lowest BCUT2D eigenvalue weighted by Gasteiger charge is -2.51. The Kier molecular flexibility index (Phi) is 63.6. The summed E-state index contributed by atoms with van der Waals surface area (Å²) in [6, 6.07) is 0.718. The van der Waals surface area contributed by atoms with Gasteiger partial charge in [-0.15, -0.1) is 0 Å². The van der Waals surface area contributed by atoms with Crippen molar-refractivity contribution in [3.8, 4) is 0 Å². The molecule has 88 heavy (non-hydrogen) atoms. The number of unbranched alkanes of at least 4 members (excludes halogenated alkanes) is 24. The van der Waals surface area contributed by atoms with Gasteiger partial charge in [-0.2, -0.15) is 0 Å². The number of hydrogen-bond donors (Lipinski definition) is 1. The Hall–Kier alpha value is 2.06. The van der Waals surface area contributed by atoms with Crippen LogP contribution in [-0.2, 0) is 9.53 Å². The van der Waals surface area contributed by atoms with Gasteiger partial charge in [0.1, 0.15) is 65.5 Å². The minimum Gasteiger partial charge on any atom is -1.00 e. The zero-order chi connectivity index (χ0) is 61.2.